The van der Waals surface area contributed by atoms with Crippen molar-refractivity contribution >= 4 is 5.97 Å². The van der Waals surface area contributed by atoms with Crippen molar-refractivity contribution in [3.8, 4) is 0 Å². The van der Waals surface area contributed by atoms with Crippen LogP contribution in [0.3, 0.4) is 0 Å². The number of carboxylic acid groups (broad SMARTS) is 1. The Balaban J connectivity index is 2.38. The molecule has 5 nitrogen and oxygen atoms in total. The Hall–Kier alpha value is -1.36. The van der Waals surface area contributed by atoms with Crippen molar-refractivity contribution < 1.29 is 14.4 Å². The van der Waals surface area contributed by atoms with Gasteiger partial charge in [-0.2, -0.15) is 0 Å². The van der Waals surface area contributed by atoms with E-state index >= 15 is 0 Å². The second kappa shape index (κ2) is 2.06. The molecule has 2 N–H and O–H groups in total. The topological polar surface area (TPSA) is 75.4 Å². The van der Waals surface area contributed by atoms with Crippen LogP contribution in [0.1, 0.15) is 17.4 Å². The first-order valence-electron chi connectivity index (χ1n) is 3.18. The molecule has 0 aromatic carbocycles. The summed E-state index contributed by atoms with van der Waals surface area (Å²) in [5.74, 6) is -0.502. The van der Waals surface area contributed by atoms with Crippen molar-refractivity contribution in [3.63, 3.8) is 0 Å². The average molecular weight is 154 g/mol. The van der Waals surface area contributed by atoms with Crippen molar-refractivity contribution in [2.24, 2.45) is 0 Å². The molecule has 2 heterocycles. The van der Waals surface area contributed by atoms with Gasteiger partial charge in [-0.3, -0.25) is 10.1 Å². The molecule has 0 aliphatic carbocycles. The fraction of sp³-hybridized carbons (Fsp3) is 0.333. The molecule has 0 spiro atoms. The average Bonchev–Trinajstić information content (AvgIpc) is 2.41. The Bertz CT molecular complexity index is 294. The third-order valence-electron chi connectivity index (χ3n) is 1.68. The predicted octanol–water partition coefficient (Wildman–Crippen LogP) is -0.0965. The summed E-state index contributed by atoms with van der Waals surface area (Å²) in [5.41, 5.74) is 0.831. The van der Waals surface area contributed by atoms with Gasteiger partial charge < -0.3 is 9.63 Å². The highest BCUT2D eigenvalue weighted by Gasteiger charge is 2.31. The Kier molecular flexibility index (Phi) is 1.19. The standard InChI is InChI=1S/C6H6N2O3/c9-6(10)4-5-3(1-7-4)2-8-11-5/h2,4,7H,1H2,(H,9,10). The van der Waals surface area contributed by atoms with Crippen LogP contribution in [-0.2, 0) is 11.3 Å². The van der Waals surface area contributed by atoms with E-state index in [-0.39, 0.29) is 0 Å². The summed E-state index contributed by atoms with van der Waals surface area (Å²) in [7, 11) is 0. The third kappa shape index (κ3) is 0.813. The number of aromatic nitrogens is 1. The van der Waals surface area contributed by atoms with Gasteiger partial charge in [0.25, 0.3) is 0 Å². The quantitative estimate of drug-likeness (QED) is 0.590. The molecular weight excluding hydrogens is 148 g/mol. The van der Waals surface area contributed by atoms with Crippen LogP contribution >= 0.6 is 0 Å². The first-order chi connectivity index (χ1) is 5.29. The smallest absolute Gasteiger partial charge is 0.328 e. The van der Waals surface area contributed by atoms with E-state index in [0.29, 0.717) is 12.3 Å². The second-order valence-electron chi connectivity index (χ2n) is 2.37. The molecule has 1 aliphatic heterocycles. The van der Waals surface area contributed by atoms with Gasteiger partial charge in [0.2, 0.25) is 0 Å². The zero-order chi connectivity index (χ0) is 7.84. The third-order valence-corrected chi connectivity index (χ3v) is 1.68. The van der Waals surface area contributed by atoms with Gasteiger partial charge in [-0.05, 0) is 0 Å². The van der Waals surface area contributed by atoms with Gasteiger partial charge >= 0.3 is 5.97 Å². The number of nitrogens with one attached hydrogen (secondary N) is 1. The lowest BCUT2D eigenvalue weighted by Crippen LogP contribution is -2.21. The molecule has 1 unspecified atom stereocenters. The summed E-state index contributed by atoms with van der Waals surface area (Å²) in [5, 5.41) is 14.9. The van der Waals surface area contributed by atoms with Crippen LogP contribution in [0, 0.1) is 0 Å². The van der Waals surface area contributed by atoms with Crippen molar-refractivity contribution in [1.29, 1.82) is 0 Å². The largest absolute Gasteiger partial charge is 0.480 e. The van der Waals surface area contributed by atoms with Crippen LogP contribution in [0.2, 0.25) is 0 Å². The number of carboxylic acids is 1. The highest BCUT2D eigenvalue weighted by atomic mass is 16.5. The molecular formula is C6H6N2O3. The van der Waals surface area contributed by atoms with E-state index in [9.17, 15) is 4.79 Å². The molecule has 1 aliphatic rings. The number of carbonyl (C=O) groups is 1. The van der Waals surface area contributed by atoms with Crippen molar-refractivity contribution in [2.75, 3.05) is 0 Å². The van der Waals surface area contributed by atoms with E-state index in [4.69, 9.17) is 9.63 Å². The molecule has 0 saturated heterocycles. The van der Waals surface area contributed by atoms with E-state index in [1.165, 1.54) is 6.20 Å². The Morgan fingerprint density at radius 2 is 2.73 bits per heavy atom. The number of aliphatic carboxylic acids is 1. The summed E-state index contributed by atoms with van der Waals surface area (Å²) in [6, 6.07) is -0.715. The fourth-order valence-corrected chi connectivity index (χ4v) is 1.14. The molecule has 0 amide bonds. The normalized spacial score (nSPS) is 21.6. The Morgan fingerprint density at radius 3 is 3.45 bits per heavy atom. The monoisotopic (exact) mass is 154 g/mol. The van der Waals surface area contributed by atoms with Crippen molar-refractivity contribution in [2.45, 2.75) is 12.6 Å². The minimum Gasteiger partial charge on any atom is -0.480 e. The maximum absolute atomic E-state index is 10.5. The summed E-state index contributed by atoms with van der Waals surface area (Å²) in [6.07, 6.45) is 1.53. The number of hydrogen-bond acceptors (Lipinski definition) is 4. The SMILES string of the molecule is O=C(O)C1NCc2cnoc21. The fourth-order valence-electron chi connectivity index (χ4n) is 1.14. The molecule has 0 fully saturated rings. The highest BCUT2D eigenvalue weighted by molar-refractivity contribution is 5.75. The lowest BCUT2D eigenvalue weighted by Gasteiger charge is -2.00. The number of hydrogen-bond donors (Lipinski definition) is 2. The summed E-state index contributed by atoms with van der Waals surface area (Å²) in [4.78, 5) is 10.5. The molecule has 1 aromatic rings. The number of nitrogens with zero attached hydrogens (tertiary/aromatic N) is 1. The van der Waals surface area contributed by atoms with E-state index in [1.54, 1.807) is 0 Å². The lowest BCUT2D eigenvalue weighted by molar-refractivity contribution is -0.139. The van der Waals surface area contributed by atoms with E-state index in [1.807, 2.05) is 0 Å². The molecule has 0 bridgehead atoms. The zero-order valence-electron chi connectivity index (χ0n) is 5.57. The van der Waals surface area contributed by atoms with Crippen LogP contribution < -0.4 is 5.32 Å². The lowest BCUT2D eigenvalue weighted by atomic mass is 10.2. The summed E-state index contributed by atoms with van der Waals surface area (Å²) >= 11 is 0. The van der Waals surface area contributed by atoms with Gasteiger partial charge in [-0.15, -0.1) is 0 Å². The molecule has 1 aromatic heterocycles. The highest BCUT2D eigenvalue weighted by Crippen LogP contribution is 2.24. The predicted molar refractivity (Wildman–Crippen MR) is 33.7 cm³/mol. The summed E-state index contributed by atoms with van der Waals surface area (Å²) < 4.78 is 4.76. The van der Waals surface area contributed by atoms with E-state index < -0.39 is 12.0 Å². The molecule has 1 atom stereocenters. The molecule has 58 valence electrons. The van der Waals surface area contributed by atoms with Gasteiger partial charge in [-0.25, -0.2) is 0 Å². The van der Waals surface area contributed by atoms with Gasteiger partial charge in [0.15, 0.2) is 11.8 Å². The molecule has 5 heteroatoms. The van der Waals surface area contributed by atoms with E-state index in [0.717, 1.165) is 5.56 Å². The Morgan fingerprint density at radius 1 is 1.91 bits per heavy atom. The Labute approximate surface area is 62.0 Å². The second-order valence-corrected chi connectivity index (χ2v) is 2.37. The molecule has 0 saturated carbocycles. The molecule has 2 rings (SSSR count). The van der Waals surface area contributed by atoms with Gasteiger partial charge in [0.1, 0.15) is 0 Å². The first kappa shape index (κ1) is 6.36. The van der Waals surface area contributed by atoms with Crippen LogP contribution in [-0.4, -0.2) is 16.2 Å². The number of fused-ring (bicyclic) bond motifs is 1. The van der Waals surface area contributed by atoms with Crippen LogP contribution in [0.15, 0.2) is 10.7 Å². The van der Waals surface area contributed by atoms with Gasteiger partial charge in [0, 0.05) is 12.1 Å². The first-order valence-corrected chi connectivity index (χ1v) is 3.18. The minimum atomic E-state index is -0.930. The molecule has 0 radical (unpaired) electrons. The van der Waals surface area contributed by atoms with Crippen molar-refractivity contribution in [3.05, 3.63) is 17.5 Å². The number of rotatable bonds is 1. The van der Waals surface area contributed by atoms with Crippen LogP contribution in [0.5, 0.6) is 0 Å². The van der Waals surface area contributed by atoms with Crippen molar-refractivity contribution in [1.82, 2.24) is 10.5 Å². The van der Waals surface area contributed by atoms with E-state index in [2.05, 4.69) is 10.5 Å². The van der Waals surface area contributed by atoms with Crippen LogP contribution in [0.25, 0.3) is 0 Å². The maximum Gasteiger partial charge on any atom is 0.328 e. The van der Waals surface area contributed by atoms with Crippen LogP contribution in [0.4, 0.5) is 0 Å². The summed E-state index contributed by atoms with van der Waals surface area (Å²) in [6.45, 7) is 0.524. The van der Waals surface area contributed by atoms with Gasteiger partial charge in [-0.1, -0.05) is 5.16 Å². The minimum absolute atomic E-state index is 0.428. The zero-order valence-corrected chi connectivity index (χ0v) is 5.57. The van der Waals surface area contributed by atoms with Gasteiger partial charge in [0.05, 0.1) is 6.20 Å². The maximum atomic E-state index is 10.5. The molecule has 11 heavy (non-hydrogen) atoms.